The van der Waals surface area contributed by atoms with Gasteiger partial charge in [-0.15, -0.1) is 0 Å². The number of anilines is 3. The lowest BCUT2D eigenvalue weighted by Gasteiger charge is -2.10. The van der Waals surface area contributed by atoms with E-state index < -0.39 is 0 Å². The average molecular weight is 353 g/mol. The van der Waals surface area contributed by atoms with Crippen LogP contribution in [0.3, 0.4) is 0 Å². The molecule has 0 saturated heterocycles. The first kappa shape index (κ1) is 16.9. The van der Waals surface area contributed by atoms with Gasteiger partial charge in [0.15, 0.2) is 0 Å². The number of hydrogen-bond donors (Lipinski definition) is 2. The molecule has 0 saturated carbocycles. The highest BCUT2D eigenvalue weighted by Gasteiger charge is 2.11. The maximum Gasteiger partial charge on any atom is 0.274 e. The molecule has 1 amide bonds. The SMILES string of the molecule is Cc1cccc(Nc2nccc(C(=O)Nc3cccc(Cl)c3C)n2)c1. The Morgan fingerprint density at radius 2 is 1.88 bits per heavy atom. The van der Waals surface area contributed by atoms with Crippen LogP contribution in [-0.4, -0.2) is 15.9 Å². The minimum absolute atomic E-state index is 0.268. The van der Waals surface area contributed by atoms with Crippen LogP contribution in [-0.2, 0) is 0 Å². The van der Waals surface area contributed by atoms with Gasteiger partial charge in [-0.25, -0.2) is 9.97 Å². The molecule has 1 aromatic heterocycles. The van der Waals surface area contributed by atoms with E-state index in [-0.39, 0.29) is 11.6 Å². The summed E-state index contributed by atoms with van der Waals surface area (Å²) in [5.74, 6) is 0.0427. The van der Waals surface area contributed by atoms with Gasteiger partial charge in [0.25, 0.3) is 5.91 Å². The standard InChI is InChI=1S/C19H17ClN4O/c1-12-5-3-6-14(11-12)22-19-21-10-9-17(24-19)18(25)23-16-8-4-7-15(20)13(16)2/h3-11H,1-2H3,(H,23,25)(H,21,22,24). The number of nitrogens with one attached hydrogen (secondary N) is 2. The quantitative estimate of drug-likeness (QED) is 0.711. The van der Waals surface area contributed by atoms with Crippen LogP contribution in [0.5, 0.6) is 0 Å². The van der Waals surface area contributed by atoms with Crippen molar-refractivity contribution in [3.8, 4) is 0 Å². The molecule has 0 radical (unpaired) electrons. The number of aryl methyl sites for hydroxylation is 1. The Morgan fingerprint density at radius 1 is 1.08 bits per heavy atom. The number of amides is 1. The van der Waals surface area contributed by atoms with Crippen LogP contribution < -0.4 is 10.6 Å². The number of rotatable bonds is 4. The minimum Gasteiger partial charge on any atom is -0.324 e. The van der Waals surface area contributed by atoms with Crippen LogP contribution in [0.2, 0.25) is 5.02 Å². The van der Waals surface area contributed by atoms with Crippen molar-refractivity contribution in [2.75, 3.05) is 10.6 Å². The Labute approximate surface area is 151 Å². The maximum absolute atomic E-state index is 12.5. The molecule has 0 atom stereocenters. The molecule has 3 aromatic rings. The van der Waals surface area contributed by atoms with Crippen molar-refractivity contribution >= 4 is 34.8 Å². The van der Waals surface area contributed by atoms with Crippen LogP contribution in [0, 0.1) is 13.8 Å². The summed E-state index contributed by atoms with van der Waals surface area (Å²) in [6.45, 7) is 3.85. The molecule has 25 heavy (non-hydrogen) atoms. The second-order valence-electron chi connectivity index (χ2n) is 5.63. The summed E-state index contributed by atoms with van der Waals surface area (Å²) in [7, 11) is 0. The van der Waals surface area contributed by atoms with Crippen molar-refractivity contribution in [1.29, 1.82) is 0 Å². The van der Waals surface area contributed by atoms with Crippen molar-refractivity contribution in [2.24, 2.45) is 0 Å². The molecule has 2 N–H and O–H groups in total. The Kier molecular flexibility index (Phi) is 4.95. The van der Waals surface area contributed by atoms with E-state index in [0.29, 0.717) is 16.7 Å². The van der Waals surface area contributed by atoms with E-state index in [2.05, 4.69) is 20.6 Å². The highest BCUT2D eigenvalue weighted by molar-refractivity contribution is 6.31. The first-order valence-corrected chi connectivity index (χ1v) is 8.14. The zero-order chi connectivity index (χ0) is 17.8. The van der Waals surface area contributed by atoms with Gasteiger partial charge in [-0.05, 0) is 55.3 Å². The second kappa shape index (κ2) is 7.32. The topological polar surface area (TPSA) is 66.9 Å². The van der Waals surface area contributed by atoms with E-state index in [1.54, 1.807) is 30.5 Å². The lowest BCUT2D eigenvalue weighted by atomic mass is 10.2. The van der Waals surface area contributed by atoms with Crippen molar-refractivity contribution in [2.45, 2.75) is 13.8 Å². The van der Waals surface area contributed by atoms with E-state index in [4.69, 9.17) is 11.6 Å². The Bertz CT molecular complexity index is 927. The molecule has 0 fully saturated rings. The van der Waals surface area contributed by atoms with Crippen molar-refractivity contribution in [1.82, 2.24) is 9.97 Å². The van der Waals surface area contributed by atoms with Gasteiger partial charge in [0.05, 0.1) is 0 Å². The van der Waals surface area contributed by atoms with Gasteiger partial charge < -0.3 is 10.6 Å². The van der Waals surface area contributed by atoms with Crippen LogP contribution in [0.4, 0.5) is 17.3 Å². The molecule has 0 aliphatic heterocycles. The molecule has 1 heterocycles. The number of benzene rings is 2. The van der Waals surface area contributed by atoms with Crippen LogP contribution in [0.1, 0.15) is 21.6 Å². The second-order valence-corrected chi connectivity index (χ2v) is 6.03. The van der Waals surface area contributed by atoms with Gasteiger partial charge >= 0.3 is 0 Å². The monoisotopic (exact) mass is 352 g/mol. The normalized spacial score (nSPS) is 10.4. The van der Waals surface area contributed by atoms with Crippen LogP contribution in [0.25, 0.3) is 0 Å². The van der Waals surface area contributed by atoms with Gasteiger partial charge in [0, 0.05) is 22.6 Å². The van der Waals surface area contributed by atoms with E-state index >= 15 is 0 Å². The largest absolute Gasteiger partial charge is 0.324 e. The van der Waals surface area contributed by atoms with Gasteiger partial charge in [-0.2, -0.15) is 0 Å². The van der Waals surface area contributed by atoms with Gasteiger partial charge in [-0.3, -0.25) is 4.79 Å². The van der Waals surface area contributed by atoms with E-state index in [1.807, 2.05) is 38.1 Å². The van der Waals surface area contributed by atoms with Gasteiger partial charge in [0.1, 0.15) is 5.69 Å². The maximum atomic E-state index is 12.5. The first-order chi connectivity index (χ1) is 12.0. The first-order valence-electron chi connectivity index (χ1n) is 7.76. The van der Waals surface area contributed by atoms with Crippen molar-refractivity contribution in [3.05, 3.63) is 76.6 Å². The lowest BCUT2D eigenvalue weighted by molar-refractivity contribution is 0.102. The van der Waals surface area contributed by atoms with Crippen LogP contribution >= 0.6 is 11.6 Å². The van der Waals surface area contributed by atoms with Crippen LogP contribution in [0.15, 0.2) is 54.7 Å². The smallest absolute Gasteiger partial charge is 0.274 e. The fourth-order valence-corrected chi connectivity index (χ4v) is 2.50. The summed E-state index contributed by atoms with van der Waals surface area (Å²) in [6.07, 6.45) is 1.55. The Balaban J connectivity index is 1.78. The number of carbonyl (C=O) groups excluding carboxylic acids is 1. The minimum atomic E-state index is -0.319. The molecule has 6 heteroatoms. The number of hydrogen-bond acceptors (Lipinski definition) is 4. The summed E-state index contributed by atoms with van der Waals surface area (Å²) in [5.41, 5.74) is 3.72. The summed E-state index contributed by atoms with van der Waals surface area (Å²) >= 11 is 6.08. The van der Waals surface area contributed by atoms with E-state index in [0.717, 1.165) is 16.8 Å². The summed E-state index contributed by atoms with van der Waals surface area (Å²) < 4.78 is 0. The molecular weight excluding hydrogens is 336 g/mol. The Morgan fingerprint density at radius 3 is 2.68 bits per heavy atom. The van der Waals surface area contributed by atoms with Crippen molar-refractivity contribution in [3.63, 3.8) is 0 Å². The zero-order valence-corrected chi connectivity index (χ0v) is 14.6. The molecular formula is C19H17ClN4O. The molecule has 3 rings (SSSR count). The molecule has 0 bridgehead atoms. The summed E-state index contributed by atoms with van der Waals surface area (Å²) in [4.78, 5) is 20.9. The zero-order valence-electron chi connectivity index (χ0n) is 13.9. The third kappa shape index (κ3) is 4.14. The number of aromatic nitrogens is 2. The predicted molar refractivity (Wildman–Crippen MR) is 101 cm³/mol. The van der Waals surface area contributed by atoms with Crippen molar-refractivity contribution < 1.29 is 4.79 Å². The number of nitrogens with zero attached hydrogens (tertiary/aromatic N) is 2. The van der Waals surface area contributed by atoms with Gasteiger partial charge in [0.2, 0.25) is 5.95 Å². The molecule has 0 aliphatic carbocycles. The van der Waals surface area contributed by atoms with E-state index in [1.165, 1.54) is 0 Å². The fourth-order valence-electron chi connectivity index (χ4n) is 2.33. The van der Waals surface area contributed by atoms with E-state index in [9.17, 15) is 4.79 Å². The molecule has 0 spiro atoms. The highest BCUT2D eigenvalue weighted by atomic mass is 35.5. The lowest BCUT2D eigenvalue weighted by Crippen LogP contribution is -2.15. The highest BCUT2D eigenvalue weighted by Crippen LogP contribution is 2.23. The Hall–Kier alpha value is -2.92. The molecule has 2 aromatic carbocycles. The summed E-state index contributed by atoms with van der Waals surface area (Å²) in [5, 5.41) is 6.53. The van der Waals surface area contributed by atoms with Gasteiger partial charge in [-0.1, -0.05) is 29.8 Å². The molecule has 0 unspecified atom stereocenters. The third-order valence-electron chi connectivity index (χ3n) is 3.68. The fraction of sp³-hybridized carbons (Fsp3) is 0.105. The predicted octanol–water partition coefficient (Wildman–Crippen LogP) is 4.74. The number of carbonyl (C=O) groups is 1. The third-order valence-corrected chi connectivity index (χ3v) is 4.09. The number of halogens is 1. The molecule has 126 valence electrons. The molecule has 5 nitrogen and oxygen atoms in total. The summed E-state index contributed by atoms with van der Waals surface area (Å²) in [6, 6.07) is 14.8. The average Bonchev–Trinajstić information content (AvgIpc) is 2.59. The molecule has 0 aliphatic rings.